The van der Waals surface area contributed by atoms with Crippen molar-refractivity contribution in [2.75, 3.05) is 6.54 Å². The third kappa shape index (κ3) is 2.31. The molecule has 110 valence electrons. The van der Waals surface area contributed by atoms with Gasteiger partial charge in [0.15, 0.2) is 0 Å². The van der Waals surface area contributed by atoms with E-state index >= 15 is 0 Å². The molecule has 5 nitrogen and oxygen atoms in total. The van der Waals surface area contributed by atoms with Crippen LogP contribution in [0.2, 0.25) is 5.02 Å². The molecule has 0 aromatic heterocycles. The Labute approximate surface area is 127 Å². The van der Waals surface area contributed by atoms with Gasteiger partial charge in [-0.3, -0.25) is 19.7 Å². The van der Waals surface area contributed by atoms with Gasteiger partial charge < -0.3 is 4.90 Å². The first-order valence-corrected chi connectivity index (χ1v) is 7.23. The summed E-state index contributed by atoms with van der Waals surface area (Å²) in [6, 6.07) is 6.55. The van der Waals surface area contributed by atoms with Crippen LogP contribution in [0.5, 0.6) is 0 Å². The second-order valence-electron chi connectivity index (χ2n) is 5.61. The molecule has 1 saturated heterocycles. The molecule has 1 saturated carbocycles. The minimum Gasteiger partial charge on any atom is -0.321 e. The van der Waals surface area contributed by atoms with E-state index in [9.17, 15) is 14.4 Å². The average molecular weight is 307 g/mol. The van der Waals surface area contributed by atoms with E-state index < -0.39 is 23.3 Å². The zero-order valence-corrected chi connectivity index (χ0v) is 12.3. The van der Waals surface area contributed by atoms with E-state index in [0.29, 0.717) is 5.02 Å². The number of imide groups is 1. The van der Waals surface area contributed by atoms with E-state index in [1.165, 1.54) is 4.90 Å². The van der Waals surface area contributed by atoms with Gasteiger partial charge in [-0.15, -0.1) is 0 Å². The largest absolute Gasteiger partial charge is 0.321 e. The summed E-state index contributed by atoms with van der Waals surface area (Å²) >= 11 is 5.88. The molecule has 3 rings (SSSR count). The van der Waals surface area contributed by atoms with Crippen LogP contribution in [-0.2, 0) is 19.8 Å². The lowest BCUT2D eigenvalue weighted by Gasteiger charge is -2.34. The smallest absolute Gasteiger partial charge is 0.249 e. The first-order chi connectivity index (χ1) is 9.94. The van der Waals surface area contributed by atoms with Gasteiger partial charge in [-0.2, -0.15) is 0 Å². The van der Waals surface area contributed by atoms with Crippen LogP contribution in [0.4, 0.5) is 0 Å². The Bertz CT molecular complexity index is 622. The predicted octanol–water partition coefficient (Wildman–Crippen LogP) is 1.25. The topological polar surface area (TPSA) is 66.5 Å². The van der Waals surface area contributed by atoms with Gasteiger partial charge in [0.05, 0.1) is 5.41 Å². The lowest BCUT2D eigenvalue weighted by Crippen LogP contribution is -2.60. The zero-order valence-electron chi connectivity index (χ0n) is 11.6. The van der Waals surface area contributed by atoms with Crippen molar-refractivity contribution < 1.29 is 14.4 Å². The Balaban J connectivity index is 1.89. The minimum atomic E-state index is -0.625. The third-order valence-electron chi connectivity index (χ3n) is 4.24. The zero-order chi connectivity index (χ0) is 15.2. The van der Waals surface area contributed by atoms with Gasteiger partial charge in [0, 0.05) is 5.02 Å². The van der Waals surface area contributed by atoms with E-state index in [-0.39, 0.29) is 12.5 Å². The monoisotopic (exact) mass is 306 g/mol. The first kappa shape index (κ1) is 14.1. The first-order valence-electron chi connectivity index (χ1n) is 6.85. The van der Waals surface area contributed by atoms with Crippen molar-refractivity contribution in [2.45, 2.75) is 31.2 Å². The van der Waals surface area contributed by atoms with Crippen molar-refractivity contribution in [1.29, 1.82) is 0 Å². The number of amides is 3. The Morgan fingerprint density at radius 1 is 1.29 bits per heavy atom. The fourth-order valence-electron chi connectivity index (χ4n) is 2.76. The molecule has 1 aliphatic heterocycles. The normalized spacial score (nSPS) is 23.7. The highest BCUT2D eigenvalue weighted by Crippen LogP contribution is 2.50. The van der Waals surface area contributed by atoms with Crippen LogP contribution < -0.4 is 5.32 Å². The van der Waals surface area contributed by atoms with Crippen LogP contribution in [-0.4, -0.2) is 35.2 Å². The number of rotatable bonds is 2. The Morgan fingerprint density at radius 2 is 1.90 bits per heavy atom. The minimum absolute atomic E-state index is 0.0684. The second-order valence-corrected chi connectivity index (χ2v) is 6.05. The molecule has 1 N–H and O–H groups in total. The summed E-state index contributed by atoms with van der Waals surface area (Å²) in [7, 11) is 0. The molecule has 1 aromatic rings. The molecule has 1 unspecified atom stereocenters. The van der Waals surface area contributed by atoms with Crippen molar-refractivity contribution >= 4 is 29.3 Å². The Hall–Kier alpha value is -1.88. The molecule has 3 amide bonds. The van der Waals surface area contributed by atoms with Crippen molar-refractivity contribution in [3.63, 3.8) is 0 Å². The maximum atomic E-state index is 12.8. The van der Waals surface area contributed by atoms with Crippen molar-refractivity contribution in [3.8, 4) is 0 Å². The SMILES string of the molecule is CC1C(=O)NC(=O)CN1C(=O)C1(c2ccc(Cl)cc2)CC1. The van der Waals surface area contributed by atoms with Crippen LogP contribution in [0, 0.1) is 0 Å². The maximum absolute atomic E-state index is 12.8. The van der Waals surface area contributed by atoms with Crippen LogP contribution in [0.1, 0.15) is 25.3 Å². The number of carbonyl (C=O) groups excluding carboxylic acids is 3. The quantitative estimate of drug-likeness (QED) is 0.836. The van der Waals surface area contributed by atoms with Gasteiger partial charge in [0.2, 0.25) is 17.7 Å². The molecule has 21 heavy (non-hydrogen) atoms. The van der Waals surface area contributed by atoms with E-state index in [2.05, 4.69) is 5.32 Å². The predicted molar refractivity (Wildman–Crippen MR) is 76.7 cm³/mol. The summed E-state index contributed by atoms with van der Waals surface area (Å²) in [6.07, 6.45) is 1.46. The van der Waals surface area contributed by atoms with Crippen LogP contribution in [0.3, 0.4) is 0 Å². The number of hydrogen-bond donors (Lipinski definition) is 1. The summed E-state index contributed by atoms with van der Waals surface area (Å²) in [5, 5.41) is 2.86. The summed E-state index contributed by atoms with van der Waals surface area (Å²) in [4.78, 5) is 37.4. The molecule has 1 aromatic carbocycles. The lowest BCUT2D eigenvalue weighted by molar-refractivity contribution is -0.150. The number of piperazine rings is 1. The number of nitrogens with zero attached hydrogens (tertiary/aromatic N) is 1. The average Bonchev–Trinajstić information content (AvgIpc) is 3.24. The highest BCUT2D eigenvalue weighted by Gasteiger charge is 2.54. The maximum Gasteiger partial charge on any atom is 0.249 e. The summed E-state index contributed by atoms with van der Waals surface area (Å²) in [5.74, 6) is -1.01. The van der Waals surface area contributed by atoms with Gasteiger partial charge in [-0.1, -0.05) is 23.7 Å². The highest BCUT2D eigenvalue weighted by atomic mass is 35.5. The lowest BCUT2D eigenvalue weighted by atomic mass is 9.93. The van der Waals surface area contributed by atoms with Gasteiger partial charge in [0.25, 0.3) is 0 Å². The van der Waals surface area contributed by atoms with Crippen molar-refractivity contribution in [2.24, 2.45) is 0 Å². The van der Waals surface area contributed by atoms with E-state index in [1.807, 2.05) is 12.1 Å². The molecule has 0 radical (unpaired) electrons. The molecule has 0 bridgehead atoms. The standard InChI is InChI=1S/C15H15ClN2O3/c1-9-13(20)17-12(19)8-18(9)14(21)15(6-7-15)10-2-4-11(16)5-3-10/h2-5,9H,6-8H2,1H3,(H,17,19,20). The van der Waals surface area contributed by atoms with Crippen molar-refractivity contribution in [3.05, 3.63) is 34.9 Å². The van der Waals surface area contributed by atoms with Gasteiger partial charge in [0.1, 0.15) is 12.6 Å². The molecule has 1 heterocycles. The van der Waals surface area contributed by atoms with Crippen LogP contribution in [0.25, 0.3) is 0 Å². The number of nitrogens with one attached hydrogen (secondary N) is 1. The molecule has 0 spiro atoms. The molecule has 6 heteroatoms. The summed E-state index contributed by atoms with van der Waals surface area (Å²) < 4.78 is 0. The Kier molecular flexibility index (Phi) is 3.24. The second kappa shape index (κ2) is 4.84. The fraction of sp³-hybridized carbons (Fsp3) is 0.400. The summed E-state index contributed by atoms with van der Waals surface area (Å²) in [5.41, 5.74) is 0.291. The third-order valence-corrected chi connectivity index (χ3v) is 4.49. The van der Waals surface area contributed by atoms with Gasteiger partial charge >= 0.3 is 0 Å². The molecule has 2 fully saturated rings. The van der Waals surface area contributed by atoms with Crippen LogP contribution >= 0.6 is 11.6 Å². The van der Waals surface area contributed by atoms with E-state index in [1.54, 1.807) is 19.1 Å². The number of carbonyl (C=O) groups is 3. The summed E-state index contributed by atoms with van der Waals surface area (Å²) in [6.45, 7) is 1.57. The number of benzene rings is 1. The van der Waals surface area contributed by atoms with Gasteiger partial charge in [-0.05, 0) is 37.5 Å². The Morgan fingerprint density at radius 3 is 2.48 bits per heavy atom. The molecular weight excluding hydrogens is 292 g/mol. The van der Waals surface area contributed by atoms with Crippen LogP contribution in [0.15, 0.2) is 24.3 Å². The van der Waals surface area contributed by atoms with E-state index in [0.717, 1.165) is 18.4 Å². The number of hydrogen-bond acceptors (Lipinski definition) is 3. The molecular formula is C15H15ClN2O3. The van der Waals surface area contributed by atoms with Gasteiger partial charge in [-0.25, -0.2) is 0 Å². The van der Waals surface area contributed by atoms with Crippen molar-refractivity contribution in [1.82, 2.24) is 10.2 Å². The number of halogens is 1. The molecule has 1 atom stereocenters. The highest BCUT2D eigenvalue weighted by molar-refractivity contribution is 6.30. The molecule has 1 aliphatic carbocycles. The molecule has 2 aliphatic rings. The fourth-order valence-corrected chi connectivity index (χ4v) is 2.88. The van der Waals surface area contributed by atoms with E-state index in [4.69, 9.17) is 11.6 Å².